The van der Waals surface area contributed by atoms with Crippen molar-refractivity contribution in [2.24, 2.45) is 0 Å². The molecule has 4 heteroatoms. The molecule has 0 aliphatic carbocycles. The maximum atomic E-state index is 13.3. The highest BCUT2D eigenvalue weighted by Crippen LogP contribution is 2.30. The largest absolute Gasteiger partial charge is 0.507 e. The molecule has 0 fully saturated rings. The van der Waals surface area contributed by atoms with Gasteiger partial charge in [-0.15, -0.1) is 0 Å². The number of aromatic carboxylic acids is 1. The molecule has 1 aromatic rings. The third kappa shape index (κ3) is 1.32. The second-order valence-corrected chi connectivity index (χ2v) is 3.22. The first kappa shape index (κ1) is 10.5. The van der Waals surface area contributed by atoms with Crippen molar-refractivity contribution < 1.29 is 19.4 Å². The summed E-state index contributed by atoms with van der Waals surface area (Å²) in [7, 11) is 0. The van der Waals surface area contributed by atoms with E-state index >= 15 is 0 Å². The summed E-state index contributed by atoms with van der Waals surface area (Å²) in [6.45, 7) is 4.31. The summed E-state index contributed by atoms with van der Waals surface area (Å²) < 4.78 is 13.3. The van der Waals surface area contributed by atoms with Crippen LogP contribution in [0.3, 0.4) is 0 Å². The molecular formula is C10H11FO3. The van der Waals surface area contributed by atoms with Crippen LogP contribution < -0.4 is 0 Å². The Hall–Kier alpha value is -1.58. The second kappa shape index (κ2) is 3.29. The van der Waals surface area contributed by atoms with Crippen LogP contribution in [0.25, 0.3) is 0 Å². The van der Waals surface area contributed by atoms with Gasteiger partial charge in [-0.2, -0.15) is 0 Å². The Labute approximate surface area is 80.8 Å². The van der Waals surface area contributed by atoms with Crippen LogP contribution in [0.2, 0.25) is 0 Å². The predicted molar refractivity (Wildman–Crippen MR) is 49.2 cm³/mol. The number of carboxylic acid groups (broad SMARTS) is 1. The number of carbonyl (C=O) groups is 1. The number of aromatic hydroxyl groups is 1. The molecule has 0 bridgehead atoms. The van der Waals surface area contributed by atoms with Gasteiger partial charge in [0.15, 0.2) is 0 Å². The SMILES string of the molecule is Cc1c(C)c(C(=O)O)c(O)c(C)c1F. The molecule has 1 aromatic carbocycles. The second-order valence-electron chi connectivity index (χ2n) is 3.22. The molecular weight excluding hydrogens is 187 g/mol. The highest BCUT2D eigenvalue weighted by molar-refractivity contribution is 5.93. The zero-order chi connectivity index (χ0) is 11.0. The van der Waals surface area contributed by atoms with Gasteiger partial charge in [0.25, 0.3) is 0 Å². The first-order chi connectivity index (χ1) is 6.37. The maximum absolute atomic E-state index is 13.3. The molecule has 0 saturated heterocycles. The number of halogens is 1. The van der Waals surface area contributed by atoms with Gasteiger partial charge in [0, 0.05) is 5.56 Å². The van der Waals surface area contributed by atoms with Crippen LogP contribution in [0.4, 0.5) is 4.39 Å². The minimum absolute atomic E-state index is 0.0227. The molecule has 0 spiro atoms. The Morgan fingerprint density at radius 2 is 1.64 bits per heavy atom. The van der Waals surface area contributed by atoms with Crippen LogP contribution in [0.5, 0.6) is 5.75 Å². The van der Waals surface area contributed by atoms with E-state index in [1.807, 2.05) is 0 Å². The van der Waals surface area contributed by atoms with Gasteiger partial charge in [0.2, 0.25) is 0 Å². The van der Waals surface area contributed by atoms with Gasteiger partial charge in [-0.1, -0.05) is 0 Å². The molecule has 2 N–H and O–H groups in total. The fourth-order valence-corrected chi connectivity index (χ4v) is 1.36. The first-order valence-electron chi connectivity index (χ1n) is 4.09. The van der Waals surface area contributed by atoms with Gasteiger partial charge in [0.05, 0.1) is 0 Å². The van der Waals surface area contributed by atoms with E-state index in [0.29, 0.717) is 0 Å². The Kier molecular flexibility index (Phi) is 2.47. The number of carboxylic acids is 1. The van der Waals surface area contributed by atoms with Crippen LogP contribution in [-0.2, 0) is 0 Å². The monoisotopic (exact) mass is 198 g/mol. The number of hydrogen-bond donors (Lipinski definition) is 2. The van der Waals surface area contributed by atoms with Crippen molar-refractivity contribution >= 4 is 5.97 Å². The third-order valence-corrected chi connectivity index (χ3v) is 2.40. The molecule has 3 nitrogen and oxygen atoms in total. The smallest absolute Gasteiger partial charge is 0.339 e. The molecule has 14 heavy (non-hydrogen) atoms. The average molecular weight is 198 g/mol. The zero-order valence-electron chi connectivity index (χ0n) is 8.18. The molecule has 0 heterocycles. The Balaban J connectivity index is 3.68. The lowest BCUT2D eigenvalue weighted by Crippen LogP contribution is -2.05. The quantitative estimate of drug-likeness (QED) is 0.726. The van der Waals surface area contributed by atoms with E-state index in [4.69, 9.17) is 5.11 Å². The molecule has 0 aliphatic rings. The van der Waals surface area contributed by atoms with Crippen LogP contribution in [0.15, 0.2) is 0 Å². The van der Waals surface area contributed by atoms with Crippen molar-refractivity contribution in [2.45, 2.75) is 20.8 Å². The summed E-state index contributed by atoms with van der Waals surface area (Å²) in [6.07, 6.45) is 0. The van der Waals surface area contributed by atoms with Gasteiger partial charge in [-0.05, 0) is 31.9 Å². The van der Waals surface area contributed by atoms with Crippen molar-refractivity contribution in [1.29, 1.82) is 0 Å². The summed E-state index contributed by atoms with van der Waals surface area (Å²) in [5, 5.41) is 18.2. The highest BCUT2D eigenvalue weighted by atomic mass is 19.1. The van der Waals surface area contributed by atoms with E-state index in [9.17, 15) is 14.3 Å². The number of phenols is 1. The molecule has 0 saturated carbocycles. The molecule has 0 atom stereocenters. The van der Waals surface area contributed by atoms with Gasteiger partial charge in [0.1, 0.15) is 17.1 Å². The van der Waals surface area contributed by atoms with Gasteiger partial charge < -0.3 is 10.2 Å². The fraction of sp³-hybridized carbons (Fsp3) is 0.300. The lowest BCUT2D eigenvalue weighted by molar-refractivity contribution is 0.0692. The maximum Gasteiger partial charge on any atom is 0.339 e. The summed E-state index contributed by atoms with van der Waals surface area (Å²) in [5.74, 6) is -2.28. The molecule has 0 unspecified atom stereocenters. The van der Waals surface area contributed by atoms with Crippen molar-refractivity contribution in [2.75, 3.05) is 0 Å². The topological polar surface area (TPSA) is 57.5 Å². The minimum Gasteiger partial charge on any atom is -0.507 e. The van der Waals surface area contributed by atoms with E-state index < -0.39 is 17.5 Å². The third-order valence-electron chi connectivity index (χ3n) is 2.40. The van der Waals surface area contributed by atoms with Crippen LogP contribution in [0.1, 0.15) is 27.0 Å². The van der Waals surface area contributed by atoms with E-state index in [1.165, 1.54) is 20.8 Å². The normalized spacial score (nSPS) is 10.3. The van der Waals surface area contributed by atoms with Crippen molar-refractivity contribution in [3.8, 4) is 5.75 Å². The van der Waals surface area contributed by atoms with E-state index in [-0.39, 0.29) is 22.3 Å². The first-order valence-corrected chi connectivity index (χ1v) is 4.09. The fourth-order valence-electron chi connectivity index (χ4n) is 1.36. The summed E-state index contributed by atoms with van der Waals surface area (Å²) >= 11 is 0. The summed E-state index contributed by atoms with van der Waals surface area (Å²) in [5.41, 5.74) is 0.280. The summed E-state index contributed by atoms with van der Waals surface area (Å²) in [4.78, 5) is 10.8. The number of hydrogen-bond acceptors (Lipinski definition) is 2. The zero-order valence-corrected chi connectivity index (χ0v) is 8.18. The molecule has 0 radical (unpaired) electrons. The molecule has 0 aliphatic heterocycles. The van der Waals surface area contributed by atoms with E-state index in [2.05, 4.69) is 0 Å². The standard InChI is InChI=1S/C10H11FO3/c1-4-5(2)8(11)6(3)9(12)7(4)10(13)14/h12H,1-3H3,(H,13,14). The average Bonchev–Trinajstić information content (AvgIpc) is 2.11. The molecule has 0 amide bonds. The number of benzene rings is 1. The van der Waals surface area contributed by atoms with Gasteiger partial charge in [-0.25, -0.2) is 9.18 Å². The van der Waals surface area contributed by atoms with Gasteiger partial charge >= 0.3 is 5.97 Å². The molecule has 0 aromatic heterocycles. The van der Waals surface area contributed by atoms with E-state index in [1.54, 1.807) is 0 Å². The van der Waals surface area contributed by atoms with Crippen LogP contribution >= 0.6 is 0 Å². The van der Waals surface area contributed by atoms with Crippen molar-refractivity contribution in [3.05, 3.63) is 28.1 Å². The van der Waals surface area contributed by atoms with Crippen LogP contribution in [-0.4, -0.2) is 16.2 Å². The van der Waals surface area contributed by atoms with Crippen LogP contribution in [0, 0.1) is 26.6 Å². The van der Waals surface area contributed by atoms with E-state index in [0.717, 1.165) is 0 Å². The van der Waals surface area contributed by atoms with Crippen molar-refractivity contribution in [3.63, 3.8) is 0 Å². The Morgan fingerprint density at radius 3 is 2.07 bits per heavy atom. The summed E-state index contributed by atoms with van der Waals surface area (Å²) in [6, 6.07) is 0. The Morgan fingerprint density at radius 1 is 1.14 bits per heavy atom. The number of rotatable bonds is 1. The van der Waals surface area contributed by atoms with Gasteiger partial charge in [-0.3, -0.25) is 0 Å². The molecule has 76 valence electrons. The lowest BCUT2D eigenvalue weighted by Gasteiger charge is -2.11. The highest BCUT2D eigenvalue weighted by Gasteiger charge is 2.21. The predicted octanol–water partition coefficient (Wildman–Crippen LogP) is 2.15. The lowest BCUT2D eigenvalue weighted by atomic mass is 9.98. The minimum atomic E-state index is -1.24. The molecule has 1 rings (SSSR count). The Bertz CT molecular complexity index is 381. The van der Waals surface area contributed by atoms with Crippen molar-refractivity contribution in [1.82, 2.24) is 0 Å².